The van der Waals surface area contributed by atoms with E-state index >= 15 is 0 Å². The molecule has 0 bridgehead atoms. The molecule has 1 aliphatic heterocycles. The third kappa shape index (κ3) is 2.97. The van der Waals surface area contributed by atoms with Crippen molar-refractivity contribution in [3.05, 3.63) is 57.5 Å². The van der Waals surface area contributed by atoms with Crippen molar-refractivity contribution >= 4 is 34.5 Å². The number of nitrogens with one attached hydrogen (secondary N) is 1. The number of carbonyl (C=O) groups excluding carboxylic acids is 1. The number of rotatable bonds is 3. The molecule has 0 unspecified atom stereocenters. The molecule has 3 heterocycles. The maximum Gasteiger partial charge on any atom is 0.265 e. The topological polar surface area (TPSA) is 46.9 Å². The zero-order chi connectivity index (χ0) is 16.5. The van der Waals surface area contributed by atoms with Gasteiger partial charge in [-0.1, -0.05) is 11.6 Å². The van der Waals surface area contributed by atoms with Crippen LogP contribution in [0, 0.1) is 0 Å². The van der Waals surface area contributed by atoms with E-state index < -0.39 is 0 Å². The number of thiophene rings is 1. The molecule has 6 heteroatoms. The van der Waals surface area contributed by atoms with Crippen LogP contribution in [-0.2, 0) is 13.0 Å². The summed E-state index contributed by atoms with van der Waals surface area (Å²) in [5.41, 5.74) is 3.14. The number of halogens is 1. The predicted octanol–water partition coefficient (Wildman–Crippen LogP) is 4.85. The molecule has 0 radical (unpaired) electrons. The second-order valence-corrected chi connectivity index (χ2v) is 7.53. The van der Waals surface area contributed by atoms with Crippen LogP contribution in [0.2, 0.25) is 4.34 Å². The fraction of sp³-hybridized carbons (Fsp3) is 0.222. The van der Waals surface area contributed by atoms with Crippen LogP contribution in [0.5, 0.6) is 0 Å². The lowest BCUT2D eigenvalue weighted by molar-refractivity contribution is 0.103. The van der Waals surface area contributed by atoms with Crippen LogP contribution >= 0.6 is 22.9 Å². The van der Waals surface area contributed by atoms with Crippen molar-refractivity contribution in [1.82, 2.24) is 9.55 Å². The van der Waals surface area contributed by atoms with Crippen molar-refractivity contribution in [2.75, 3.05) is 5.32 Å². The highest BCUT2D eigenvalue weighted by atomic mass is 35.5. The molecule has 3 aromatic rings. The van der Waals surface area contributed by atoms with Crippen LogP contribution in [0.15, 0.2) is 42.6 Å². The summed E-state index contributed by atoms with van der Waals surface area (Å²) >= 11 is 7.14. The number of amides is 1. The Morgan fingerprint density at radius 1 is 1.17 bits per heavy atom. The predicted molar refractivity (Wildman–Crippen MR) is 97.9 cm³/mol. The van der Waals surface area contributed by atoms with Crippen molar-refractivity contribution in [3.8, 4) is 11.4 Å². The molecule has 0 spiro atoms. The molecule has 1 aliphatic rings. The molecule has 0 saturated heterocycles. The Kier molecular flexibility index (Phi) is 4.12. The molecule has 1 aromatic carbocycles. The van der Waals surface area contributed by atoms with Gasteiger partial charge < -0.3 is 9.88 Å². The molecule has 4 nitrogen and oxygen atoms in total. The summed E-state index contributed by atoms with van der Waals surface area (Å²) in [5, 5.41) is 2.89. The average molecular weight is 358 g/mol. The minimum Gasteiger partial charge on any atom is -0.328 e. The minimum absolute atomic E-state index is 0.141. The smallest absolute Gasteiger partial charge is 0.265 e. The maximum absolute atomic E-state index is 12.2. The number of hydrogen-bond acceptors (Lipinski definition) is 3. The molecule has 0 fully saturated rings. The lowest BCUT2D eigenvalue weighted by Gasteiger charge is -2.16. The van der Waals surface area contributed by atoms with Crippen LogP contribution < -0.4 is 5.32 Å². The lowest BCUT2D eigenvalue weighted by Crippen LogP contribution is -2.11. The Labute approximate surface area is 149 Å². The van der Waals surface area contributed by atoms with Crippen LogP contribution in [-0.4, -0.2) is 15.5 Å². The van der Waals surface area contributed by atoms with E-state index in [4.69, 9.17) is 11.6 Å². The fourth-order valence-electron chi connectivity index (χ4n) is 3.00. The highest BCUT2D eigenvalue weighted by molar-refractivity contribution is 7.18. The van der Waals surface area contributed by atoms with Gasteiger partial charge in [0.2, 0.25) is 0 Å². The van der Waals surface area contributed by atoms with E-state index in [1.807, 2.05) is 30.5 Å². The fourth-order valence-corrected chi connectivity index (χ4v) is 3.94. The van der Waals surface area contributed by atoms with Gasteiger partial charge in [-0.3, -0.25) is 4.79 Å². The SMILES string of the molecule is O=C(Nc1ccc(-c2ncc3n2CCCC3)cc1)c1ccc(Cl)s1. The van der Waals surface area contributed by atoms with E-state index in [9.17, 15) is 4.79 Å². The van der Waals surface area contributed by atoms with Crippen LogP contribution in [0.3, 0.4) is 0 Å². The van der Waals surface area contributed by atoms with Gasteiger partial charge in [-0.2, -0.15) is 0 Å². The van der Waals surface area contributed by atoms with E-state index in [1.165, 1.54) is 29.9 Å². The summed E-state index contributed by atoms with van der Waals surface area (Å²) < 4.78 is 2.91. The van der Waals surface area contributed by atoms with E-state index in [1.54, 1.807) is 12.1 Å². The number of nitrogens with zero attached hydrogens (tertiary/aromatic N) is 2. The Balaban J connectivity index is 1.53. The summed E-state index contributed by atoms with van der Waals surface area (Å²) in [6, 6.07) is 11.3. The summed E-state index contributed by atoms with van der Waals surface area (Å²) in [5.74, 6) is 0.866. The zero-order valence-electron chi connectivity index (χ0n) is 13.0. The molecule has 1 amide bonds. The van der Waals surface area contributed by atoms with Crippen LogP contribution in [0.1, 0.15) is 28.2 Å². The number of aromatic nitrogens is 2. The maximum atomic E-state index is 12.2. The van der Waals surface area contributed by atoms with E-state index in [0.29, 0.717) is 9.21 Å². The lowest BCUT2D eigenvalue weighted by atomic mass is 10.1. The van der Waals surface area contributed by atoms with Crippen molar-refractivity contribution in [3.63, 3.8) is 0 Å². The average Bonchev–Trinajstić information content (AvgIpc) is 3.22. The van der Waals surface area contributed by atoms with Crippen LogP contribution in [0.4, 0.5) is 5.69 Å². The minimum atomic E-state index is -0.141. The third-order valence-corrected chi connectivity index (χ3v) is 5.43. The Hall–Kier alpha value is -2.11. The van der Waals surface area contributed by atoms with Gasteiger partial charge in [-0.25, -0.2) is 4.98 Å². The first-order chi connectivity index (χ1) is 11.7. The van der Waals surface area contributed by atoms with Crippen molar-refractivity contribution < 1.29 is 4.79 Å². The molecular formula is C18H16ClN3OS. The number of imidazole rings is 1. The molecule has 0 aliphatic carbocycles. The second kappa shape index (κ2) is 6.42. The molecular weight excluding hydrogens is 342 g/mol. The molecule has 2 aromatic heterocycles. The van der Waals surface area contributed by atoms with Gasteiger partial charge in [0, 0.05) is 29.7 Å². The number of anilines is 1. The summed E-state index contributed by atoms with van der Waals surface area (Å²) in [6.45, 7) is 1.03. The Morgan fingerprint density at radius 3 is 2.75 bits per heavy atom. The number of benzene rings is 1. The quantitative estimate of drug-likeness (QED) is 0.728. The van der Waals surface area contributed by atoms with Gasteiger partial charge in [-0.15, -0.1) is 11.3 Å². The number of fused-ring (bicyclic) bond motifs is 1. The molecule has 122 valence electrons. The largest absolute Gasteiger partial charge is 0.328 e. The van der Waals surface area contributed by atoms with Crippen LogP contribution in [0.25, 0.3) is 11.4 Å². The molecule has 24 heavy (non-hydrogen) atoms. The summed E-state index contributed by atoms with van der Waals surface area (Å²) in [4.78, 5) is 17.3. The molecule has 0 saturated carbocycles. The summed E-state index contributed by atoms with van der Waals surface area (Å²) in [6.07, 6.45) is 5.52. The van der Waals surface area contributed by atoms with Gasteiger partial charge in [0.05, 0.1) is 9.21 Å². The first kappa shape index (κ1) is 15.4. The van der Waals surface area contributed by atoms with E-state index in [0.717, 1.165) is 30.0 Å². The van der Waals surface area contributed by atoms with Crippen molar-refractivity contribution in [1.29, 1.82) is 0 Å². The van der Waals surface area contributed by atoms with Gasteiger partial charge >= 0.3 is 0 Å². The number of carbonyl (C=O) groups is 1. The van der Waals surface area contributed by atoms with Crippen molar-refractivity contribution in [2.24, 2.45) is 0 Å². The number of aryl methyl sites for hydroxylation is 1. The highest BCUT2D eigenvalue weighted by Crippen LogP contribution is 2.26. The van der Waals surface area contributed by atoms with Gasteiger partial charge in [0.15, 0.2) is 0 Å². The first-order valence-electron chi connectivity index (χ1n) is 7.92. The molecule has 4 rings (SSSR count). The summed E-state index contributed by atoms with van der Waals surface area (Å²) in [7, 11) is 0. The Morgan fingerprint density at radius 2 is 2.00 bits per heavy atom. The van der Waals surface area contributed by atoms with E-state index in [-0.39, 0.29) is 5.91 Å². The standard InChI is InChI=1S/C18H16ClN3OS/c19-16-9-8-15(24-16)18(23)21-13-6-4-12(5-7-13)17-20-11-14-3-1-2-10-22(14)17/h4-9,11H,1-3,10H2,(H,21,23). The van der Waals surface area contributed by atoms with Crippen molar-refractivity contribution in [2.45, 2.75) is 25.8 Å². The van der Waals surface area contributed by atoms with Gasteiger partial charge in [-0.05, 0) is 55.7 Å². The number of hydrogen-bond donors (Lipinski definition) is 1. The normalized spacial score (nSPS) is 13.5. The Bertz CT molecular complexity index is 882. The zero-order valence-corrected chi connectivity index (χ0v) is 14.5. The highest BCUT2D eigenvalue weighted by Gasteiger charge is 2.15. The van der Waals surface area contributed by atoms with Gasteiger partial charge in [0.25, 0.3) is 5.91 Å². The van der Waals surface area contributed by atoms with Gasteiger partial charge in [0.1, 0.15) is 5.82 Å². The van der Waals surface area contributed by atoms with E-state index in [2.05, 4.69) is 14.9 Å². The molecule has 0 atom stereocenters. The third-order valence-electron chi connectivity index (χ3n) is 4.20. The first-order valence-corrected chi connectivity index (χ1v) is 9.12. The second-order valence-electron chi connectivity index (χ2n) is 5.82. The molecule has 1 N–H and O–H groups in total. The monoisotopic (exact) mass is 357 g/mol.